The predicted molar refractivity (Wildman–Crippen MR) is 113 cm³/mol. The average Bonchev–Trinajstić information content (AvgIpc) is 2.73. The first kappa shape index (κ1) is 25.5. The number of amides is 1. The van der Waals surface area contributed by atoms with Crippen LogP contribution in [0.3, 0.4) is 0 Å². The summed E-state index contributed by atoms with van der Waals surface area (Å²) in [6.07, 6.45) is -0.833. The van der Waals surface area contributed by atoms with E-state index in [1.807, 2.05) is 0 Å². The third kappa shape index (κ3) is 6.12. The van der Waals surface area contributed by atoms with Crippen LogP contribution in [0.15, 0.2) is 29.4 Å². The van der Waals surface area contributed by atoms with E-state index in [0.29, 0.717) is 13.1 Å². The Balaban J connectivity index is 2.62. The van der Waals surface area contributed by atoms with Gasteiger partial charge in [-0.3, -0.25) is 14.9 Å². The summed E-state index contributed by atoms with van der Waals surface area (Å²) in [6.45, 7) is 5.60. The van der Waals surface area contributed by atoms with Gasteiger partial charge in [-0.25, -0.2) is 13.2 Å². The number of ether oxygens (including phenoxy) is 2. The Morgan fingerprint density at radius 3 is 2.33 bits per heavy atom. The Kier molecular flexibility index (Phi) is 7.87. The third-order valence-electron chi connectivity index (χ3n) is 4.30. The van der Waals surface area contributed by atoms with Crippen LogP contribution in [0.5, 0.6) is 17.5 Å². The van der Waals surface area contributed by atoms with E-state index >= 15 is 0 Å². The number of nitro groups is 1. The van der Waals surface area contributed by atoms with Crippen molar-refractivity contribution < 1.29 is 37.5 Å². The van der Waals surface area contributed by atoms with E-state index in [9.17, 15) is 28.1 Å². The first-order valence-electron chi connectivity index (χ1n) is 9.62. The van der Waals surface area contributed by atoms with Crippen molar-refractivity contribution >= 4 is 27.4 Å². The molecule has 0 fully saturated rings. The van der Waals surface area contributed by atoms with E-state index in [0.717, 1.165) is 13.2 Å². The van der Waals surface area contributed by atoms with Gasteiger partial charge in [0.25, 0.3) is 11.1 Å². The van der Waals surface area contributed by atoms with E-state index < -0.39 is 49.4 Å². The van der Waals surface area contributed by atoms with Gasteiger partial charge < -0.3 is 19.5 Å². The first-order chi connectivity index (χ1) is 15.4. The quantitative estimate of drug-likeness (QED) is 0.297. The van der Waals surface area contributed by atoms with Gasteiger partial charge in [0.2, 0.25) is 9.84 Å². The van der Waals surface area contributed by atoms with Crippen LogP contribution in [-0.2, 0) is 14.6 Å². The minimum atomic E-state index is -4.09. The molecule has 2 aromatic rings. The first-order valence-corrected chi connectivity index (χ1v) is 11.5. The maximum atomic E-state index is 12.6. The van der Waals surface area contributed by atoms with Crippen molar-refractivity contribution in [3.05, 3.63) is 39.9 Å². The van der Waals surface area contributed by atoms with Crippen molar-refractivity contribution in [3.63, 3.8) is 0 Å². The molecule has 1 aromatic carbocycles. The van der Waals surface area contributed by atoms with Gasteiger partial charge in [0.1, 0.15) is 5.75 Å². The second-order valence-electron chi connectivity index (χ2n) is 6.70. The van der Waals surface area contributed by atoms with Crippen LogP contribution >= 0.6 is 0 Å². The van der Waals surface area contributed by atoms with Crippen LogP contribution in [-0.4, -0.2) is 70.6 Å². The fourth-order valence-electron chi connectivity index (χ4n) is 2.59. The van der Waals surface area contributed by atoms with Crippen LogP contribution in [0.1, 0.15) is 31.1 Å². The van der Waals surface area contributed by atoms with Crippen LogP contribution in [0.25, 0.3) is 0 Å². The molecule has 1 atom stereocenters. The number of nitrogens with zero attached hydrogens (tertiary/aromatic N) is 4. The highest BCUT2D eigenvalue weighted by atomic mass is 32.2. The minimum Gasteiger partial charge on any atom is -0.479 e. The summed E-state index contributed by atoms with van der Waals surface area (Å²) in [4.78, 5) is 43.1. The molecule has 1 unspecified atom stereocenters. The molecule has 33 heavy (non-hydrogen) atoms. The molecule has 13 nitrogen and oxygen atoms in total. The maximum absolute atomic E-state index is 12.6. The lowest BCUT2D eigenvalue weighted by Crippen LogP contribution is -2.30. The lowest BCUT2D eigenvalue weighted by atomic mass is 10.2. The Labute approximate surface area is 189 Å². The zero-order chi connectivity index (χ0) is 24.9. The summed E-state index contributed by atoms with van der Waals surface area (Å²) in [5.41, 5.74) is -0.747. The number of carboxylic acids is 1. The monoisotopic (exact) mass is 482 g/mol. The van der Waals surface area contributed by atoms with Crippen molar-refractivity contribution in [3.8, 4) is 17.5 Å². The van der Waals surface area contributed by atoms with Crippen molar-refractivity contribution in [1.82, 2.24) is 14.9 Å². The molecule has 2 rings (SSSR count). The molecule has 1 N–H and O–H groups in total. The van der Waals surface area contributed by atoms with Crippen LogP contribution < -0.4 is 9.47 Å². The lowest BCUT2D eigenvalue weighted by molar-refractivity contribution is -0.387. The summed E-state index contributed by atoms with van der Waals surface area (Å²) in [6, 6.07) is 5.69. The van der Waals surface area contributed by atoms with Crippen molar-refractivity contribution in [2.45, 2.75) is 32.0 Å². The van der Waals surface area contributed by atoms with E-state index in [1.54, 1.807) is 18.7 Å². The molecule has 0 aliphatic heterocycles. The molecule has 14 heteroatoms. The van der Waals surface area contributed by atoms with E-state index in [1.165, 1.54) is 24.3 Å². The smallest absolute Gasteiger partial charge is 0.392 e. The third-order valence-corrected chi connectivity index (χ3v) is 5.14. The lowest BCUT2D eigenvalue weighted by Gasteiger charge is -2.19. The molecule has 0 spiro atoms. The Bertz CT molecular complexity index is 1180. The average molecular weight is 482 g/mol. The zero-order valence-corrected chi connectivity index (χ0v) is 19.0. The predicted octanol–water partition coefficient (Wildman–Crippen LogP) is 1.91. The van der Waals surface area contributed by atoms with Gasteiger partial charge in [-0.15, -0.1) is 0 Å². The van der Waals surface area contributed by atoms with Gasteiger partial charge in [0, 0.05) is 24.9 Å². The zero-order valence-electron chi connectivity index (χ0n) is 18.2. The number of hydrogen-bond acceptors (Lipinski definition) is 10. The summed E-state index contributed by atoms with van der Waals surface area (Å²) in [5, 5.41) is 19.9. The van der Waals surface area contributed by atoms with Gasteiger partial charge >= 0.3 is 23.4 Å². The summed E-state index contributed by atoms with van der Waals surface area (Å²) in [5.74, 6) is -3.51. The molecular formula is C19H22N4O9S. The molecule has 0 saturated carbocycles. The number of carbonyl (C=O) groups is 2. The Morgan fingerprint density at radius 1 is 1.21 bits per heavy atom. The van der Waals surface area contributed by atoms with Crippen molar-refractivity contribution in [2.24, 2.45) is 0 Å². The SMILES string of the molecule is CCN(CC)C(=O)c1cccc(Oc2nc(S(C)(=O)=O)nc(OC(C)C(=O)O)c2[N+](=O)[O-])c1. The second-order valence-corrected chi connectivity index (χ2v) is 8.61. The Morgan fingerprint density at radius 2 is 1.82 bits per heavy atom. The Hall–Kier alpha value is -3.81. The molecule has 1 aromatic heterocycles. The van der Waals surface area contributed by atoms with E-state index in [-0.39, 0.29) is 17.2 Å². The normalized spacial score (nSPS) is 12.0. The van der Waals surface area contributed by atoms with E-state index in [4.69, 9.17) is 14.6 Å². The molecule has 0 radical (unpaired) electrons. The van der Waals surface area contributed by atoms with Gasteiger partial charge in [0.15, 0.2) is 6.10 Å². The number of aliphatic carboxylic acids is 1. The van der Waals surface area contributed by atoms with Gasteiger partial charge in [0.05, 0.1) is 4.92 Å². The topological polar surface area (TPSA) is 179 Å². The highest BCUT2D eigenvalue weighted by Gasteiger charge is 2.33. The molecule has 1 amide bonds. The minimum absolute atomic E-state index is 0.0495. The molecule has 178 valence electrons. The largest absolute Gasteiger partial charge is 0.479 e. The fourth-order valence-corrected chi connectivity index (χ4v) is 3.08. The highest BCUT2D eigenvalue weighted by molar-refractivity contribution is 7.90. The molecule has 1 heterocycles. The highest BCUT2D eigenvalue weighted by Crippen LogP contribution is 2.37. The second kappa shape index (κ2) is 10.2. The molecule has 0 aliphatic carbocycles. The van der Waals surface area contributed by atoms with Gasteiger partial charge in [-0.1, -0.05) is 6.07 Å². The summed E-state index contributed by atoms with van der Waals surface area (Å²) >= 11 is 0. The number of benzene rings is 1. The summed E-state index contributed by atoms with van der Waals surface area (Å²) < 4.78 is 34.5. The molecule has 0 bridgehead atoms. The van der Waals surface area contributed by atoms with Crippen LogP contribution in [0.2, 0.25) is 0 Å². The van der Waals surface area contributed by atoms with Crippen molar-refractivity contribution in [2.75, 3.05) is 19.3 Å². The van der Waals surface area contributed by atoms with Gasteiger partial charge in [-0.2, -0.15) is 9.97 Å². The maximum Gasteiger partial charge on any atom is 0.392 e. The summed E-state index contributed by atoms with van der Waals surface area (Å²) in [7, 11) is -4.09. The number of rotatable bonds is 10. The number of aromatic nitrogens is 2. The number of carbonyl (C=O) groups excluding carboxylic acids is 1. The molecule has 0 aliphatic rings. The van der Waals surface area contributed by atoms with Crippen LogP contribution in [0, 0.1) is 10.1 Å². The van der Waals surface area contributed by atoms with E-state index in [2.05, 4.69) is 9.97 Å². The number of sulfone groups is 1. The molecular weight excluding hydrogens is 460 g/mol. The molecule has 0 saturated heterocycles. The fraction of sp³-hybridized carbons (Fsp3) is 0.368. The van der Waals surface area contributed by atoms with Crippen molar-refractivity contribution in [1.29, 1.82) is 0 Å². The van der Waals surface area contributed by atoms with Crippen LogP contribution in [0.4, 0.5) is 5.69 Å². The standard InChI is InChI=1S/C19H22N4O9S/c1-5-22(6-2)17(24)12-8-7-9-13(10-12)32-16-14(23(27)28)15(31-11(3)18(25)26)20-19(21-16)33(4,29)30/h7-11H,5-6H2,1-4H3,(H,25,26). The number of hydrogen-bond donors (Lipinski definition) is 1. The van der Waals surface area contributed by atoms with Gasteiger partial charge in [-0.05, 0) is 39.0 Å². The number of carboxylic acid groups (broad SMARTS) is 1.